The van der Waals surface area contributed by atoms with Gasteiger partial charge in [-0.2, -0.15) is 0 Å². The lowest BCUT2D eigenvalue weighted by atomic mass is 10.1. The van der Waals surface area contributed by atoms with Crippen molar-refractivity contribution >= 4 is 11.9 Å². The molecule has 1 amide bonds. The van der Waals surface area contributed by atoms with Gasteiger partial charge in [-0.1, -0.05) is 30.3 Å². The summed E-state index contributed by atoms with van der Waals surface area (Å²) >= 11 is 0. The van der Waals surface area contributed by atoms with Crippen molar-refractivity contribution < 1.29 is 24.5 Å². The molecule has 114 valence electrons. The van der Waals surface area contributed by atoms with Crippen molar-refractivity contribution in [1.29, 1.82) is 0 Å². The maximum Gasteiger partial charge on any atom is 0.332 e. The quantitative estimate of drug-likeness (QED) is 0.703. The summed E-state index contributed by atoms with van der Waals surface area (Å²) in [6, 6.07) is 9.11. The molecular formula is C15H19NO5. The fourth-order valence-corrected chi connectivity index (χ4v) is 2.37. The lowest BCUT2D eigenvalue weighted by Crippen LogP contribution is -2.44. The van der Waals surface area contributed by atoms with Gasteiger partial charge in [0.25, 0.3) is 0 Å². The molecule has 0 bridgehead atoms. The molecule has 6 nitrogen and oxygen atoms in total. The number of carboxylic acids is 1. The van der Waals surface area contributed by atoms with Gasteiger partial charge < -0.3 is 20.3 Å². The lowest BCUT2D eigenvalue weighted by molar-refractivity contribution is -0.152. The predicted molar refractivity (Wildman–Crippen MR) is 74.7 cm³/mol. The SMILES string of the molecule is O=C(NC(CO)Cc1ccccc1)[C@@H]1CC[C@H](C(=O)O)O1. The van der Waals surface area contributed by atoms with Crippen LogP contribution in [0.1, 0.15) is 18.4 Å². The van der Waals surface area contributed by atoms with Crippen molar-refractivity contribution in [2.75, 3.05) is 6.61 Å². The van der Waals surface area contributed by atoms with Crippen LogP contribution in [0.3, 0.4) is 0 Å². The predicted octanol–water partition coefficient (Wildman–Crippen LogP) is 0.338. The summed E-state index contributed by atoms with van der Waals surface area (Å²) in [5.74, 6) is -1.41. The van der Waals surface area contributed by atoms with Gasteiger partial charge >= 0.3 is 5.97 Å². The first-order valence-corrected chi connectivity index (χ1v) is 6.93. The largest absolute Gasteiger partial charge is 0.479 e. The van der Waals surface area contributed by atoms with Gasteiger partial charge in [-0.3, -0.25) is 4.79 Å². The second-order valence-corrected chi connectivity index (χ2v) is 5.11. The number of hydrogen-bond acceptors (Lipinski definition) is 4. The molecule has 1 fully saturated rings. The number of rotatable bonds is 6. The van der Waals surface area contributed by atoms with Gasteiger partial charge in [-0.05, 0) is 24.8 Å². The number of benzene rings is 1. The topological polar surface area (TPSA) is 95.9 Å². The van der Waals surface area contributed by atoms with E-state index in [4.69, 9.17) is 9.84 Å². The first-order valence-electron chi connectivity index (χ1n) is 6.93. The molecule has 3 N–H and O–H groups in total. The van der Waals surface area contributed by atoms with Crippen LogP contribution in [0.5, 0.6) is 0 Å². The summed E-state index contributed by atoms with van der Waals surface area (Å²) in [5.41, 5.74) is 1.01. The molecule has 21 heavy (non-hydrogen) atoms. The van der Waals surface area contributed by atoms with Crippen molar-refractivity contribution in [3.63, 3.8) is 0 Å². The van der Waals surface area contributed by atoms with E-state index in [1.54, 1.807) is 0 Å². The maximum absolute atomic E-state index is 12.0. The molecule has 1 saturated heterocycles. The summed E-state index contributed by atoms with van der Waals surface area (Å²) in [7, 11) is 0. The number of aliphatic carboxylic acids is 1. The zero-order chi connectivity index (χ0) is 15.2. The van der Waals surface area contributed by atoms with E-state index in [2.05, 4.69) is 5.32 Å². The van der Waals surface area contributed by atoms with Gasteiger partial charge in [0.1, 0.15) is 6.10 Å². The number of aliphatic hydroxyl groups is 1. The fourth-order valence-electron chi connectivity index (χ4n) is 2.37. The number of ether oxygens (including phenoxy) is 1. The Morgan fingerprint density at radius 1 is 1.24 bits per heavy atom. The van der Waals surface area contributed by atoms with Crippen LogP contribution in [0.15, 0.2) is 30.3 Å². The van der Waals surface area contributed by atoms with E-state index < -0.39 is 24.2 Å². The molecule has 1 aromatic carbocycles. The van der Waals surface area contributed by atoms with E-state index >= 15 is 0 Å². The third kappa shape index (κ3) is 4.27. The highest BCUT2D eigenvalue weighted by atomic mass is 16.5. The number of carboxylic acid groups (broad SMARTS) is 1. The summed E-state index contributed by atoms with van der Waals surface area (Å²) in [4.78, 5) is 22.8. The maximum atomic E-state index is 12.0. The molecule has 3 atom stereocenters. The molecule has 0 aromatic heterocycles. The Morgan fingerprint density at radius 2 is 1.90 bits per heavy atom. The third-order valence-corrected chi connectivity index (χ3v) is 3.48. The molecule has 1 aromatic rings. The summed E-state index contributed by atoms with van der Waals surface area (Å²) < 4.78 is 5.19. The van der Waals surface area contributed by atoms with Crippen LogP contribution in [-0.4, -0.2) is 46.9 Å². The summed E-state index contributed by atoms with van der Waals surface area (Å²) in [5, 5.41) is 20.9. The Hall–Kier alpha value is -1.92. The molecule has 0 aliphatic carbocycles. The summed E-state index contributed by atoms with van der Waals surface area (Å²) in [6.07, 6.45) is -0.446. The molecular weight excluding hydrogens is 274 g/mol. The molecule has 6 heteroatoms. The highest BCUT2D eigenvalue weighted by Crippen LogP contribution is 2.20. The number of aliphatic hydroxyl groups excluding tert-OH is 1. The molecule has 1 aliphatic rings. The number of nitrogens with one attached hydrogen (secondary N) is 1. The van der Waals surface area contributed by atoms with E-state index in [1.807, 2.05) is 30.3 Å². The minimum Gasteiger partial charge on any atom is -0.479 e. The van der Waals surface area contributed by atoms with E-state index in [9.17, 15) is 14.7 Å². The minimum absolute atomic E-state index is 0.185. The van der Waals surface area contributed by atoms with E-state index in [1.165, 1.54) is 0 Å². The van der Waals surface area contributed by atoms with E-state index in [0.717, 1.165) is 5.56 Å². The van der Waals surface area contributed by atoms with Gasteiger partial charge in [-0.25, -0.2) is 4.79 Å². The van der Waals surface area contributed by atoms with Crippen LogP contribution in [0, 0.1) is 0 Å². The average Bonchev–Trinajstić information content (AvgIpc) is 2.97. The zero-order valence-electron chi connectivity index (χ0n) is 11.6. The van der Waals surface area contributed by atoms with Crippen molar-refractivity contribution in [2.24, 2.45) is 0 Å². The monoisotopic (exact) mass is 293 g/mol. The molecule has 1 heterocycles. The first kappa shape index (κ1) is 15.5. The molecule has 2 rings (SSSR count). The van der Waals surface area contributed by atoms with E-state index in [-0.39, 0.29) is 12.5 Å². The standard InChI is InChI=1S/C15H19NO5/c17-9-11(8-10-4-2-1-3-5-10)16-14(18)12-6-7-13(21-12)15(19)20/h1-5,11-13,17H,6-9H2,(H,16,18)(H,19,20)/t11?,12-,13+/m0/s1. The van der Waals surface area contributed by atoms with Gasteiger partial charge in [-0.15, -0.1) is 0 Å². The van der Waals surface area contributed by atoms with Crippen LogP contribution in [0.2, 0.25) is 0 Å². The van der Waals surface area contributed by atoms with E-state index in [0.29, 0.717) is 19.3 Å². The van der Waals surface area contributed by atoms with Crippen LogP contribution in [0.25, 0.3) is 0 Å². The molecule has 0 radical (unpaired) electrons. The Bertz CT molecular complexity index is 490. The van der Waals surface area contributed by atoms with Crippen molar-refractivity contribution in [2.45, 2.75) is 37.5 Å². The Labute approximate surface area is 122 Å². The van der Waals surface area contributed by atoms with Crippen LogP contribution in [-0.2, 0) is 20.7 Å². The Balaban J connectivity index is 1.87. The fraction of sp³-hybridized carbons (Fsp3) is 0.467. The summed E-state index contributed by atoms with van der Waals surface area (Å²) in [6.45, 7) is -0.185. The molecule has 1 aliphatic heterocycles. The molecule has 0 spiro atoms. The van der Waals surface area contributed by atoms with Gasteiger partial charge in [0.15, 0.2) is 6.10 Å². The Kier molecular flexibility index (Phi) is 5.30. The zero-order valence-corrected chi connectivity index (χ0v) is 11.6. The minimum atomic E-state index is -1.05. The van der Waals surface area contributed by atoms with Crippen LogP contribution in [0.4, 0.5) is 0 Å². The van der Waals surface area contributed by atoms with Crippen molar-refractivity contribution in [3.05, 3.63) is 35.9 Å². The van der Waals surface area contributed by atoms with Crippen molar-refractivity contribution in [3.8, 4) is 0 Å². The van der Waals surface area contributed by atoms with Crippen molar-refractivity contribution in [1.82, 2.24) is 5.32 Å². The van der Waals surface area contributed by atoms with Crippen LogP contribution < -0.4 is 5.32 Å². The Morgan fingerprint density at radius 3 is 2.48 bits per heavy atom. The van der Waals surface area contributed by atoms with Gasteiger partial charge in [0.2, 0.25) is 5.91 Å². The van der Waals surface area contributed by atoms with Gasteiger partial charge in [0.05, 0.1) is 12.6 Å². The second-order valence-electron chi connectivity index (χ2n) is 5.11. The third-order valence-electron chi connectivity index (χ3n) is 3.48. The number of hydrogen-bond donors (Lipinski definition) is 3. The smallest absolute Gasteiger partial charge is 0.332 e. The molecule has 0 saturated carbocycles. The average molecular weight is 293 g/mol. The van der Waals surface area contributed by atoms with Crippen LogP contribution >= 0.6 is 0 Å². The molecule has 1 unspecified atom stereocenters. The lowest BCUT2D eigenvalue weighted by Gasteiger charge is -2.19. The normalized spacial score (nSPS) is 22.7. The highest BCUT2D eigenvalue weighted by molar-refractivity contribution is 5.82. The number of carbonyl (C=O) groups excluding carboxylic acids is 1. The van der Waals surface area contributed by atoms with Gasteiger partial charge in [0, 0.05) is 0 Å². The second kappa shape index (κ2) is 7.19. The first-order chi connectivity index (χ1) is 10.1. The highest BCUT2D eigenvalue weighted by Gasteiger charge is 2.35. The number of amides is 1. The number of carbonyl (C=O) groups is 2.